The average Bonchev–Trinajstić information content (AvgIpc) is 2.31. The van der Waals surface area contributed by atoms with E-state index in [4.69, 9.17) is 5.84 Å². The number of nitrogens with zero attached hydrogens (tertiary/aromatic N) is 3. The Morgan fingerprint density at radius 3 is 3.06 bits per heavy atom. The van der Waals surface area contributed by atoms with Crippen LogP contribution in [0.4, 0.5) is 11.6 Å². The molecule has 1 fully saturated rings. The molecule has 1 aliphatic rings. The Balaban J connectivity index is 2.31. The van der Waals surface area contributed by atoms with Gasteiger partial charge in [-0.1, -0.05) is 0 Å². The number of hydrogen-bond acceptors (Lipinski definition) is 6. The number of rotatable bonds is 2. The number of thioether (sulfide) groups is 1. The molecule has 6 heteroatoms. The van der Waals surface area contributed by atoms with Gasteiger partial charge in [-0.3, -0.25) is 0 Å². The smallest absolute Gasteiger partial charge is 0.148 e. The fourth-order valence-corrected chi connectivity index (χ4v) is 2.93. The highest BCUT2D eigenvalue weighted by atomic mass is 32.2. The van der Waals surface area contributed by atoms with Gasteiger partial charge in [0, 0.05) is 29.7 Å². The van der Waals surface area contributed by atoms with Crippen molar-refractivity contribution in [3.63, 3.8) is 0 Å². The van der Waals surface area contributed by atoms with Gasteiger partial charge in [0.25, 0.3) is 0 Å². The number of hydrogen-bond donors (Lipinski definition) is 2. The van der Waals surface area contributed by atoms with Gasteiger partial charge in [-0.25, -0.2) is 15.8 Å². The molecule has 1 aromatic rings. The van der Waals surface area contributed by atoms with Gasteiger partial charge < -0.3 is 10.3 Å². The molecule has 0 saturated carbocycles. The van der Waals surface area contributed by atoms with Crippen LogP contribution >= 0.6 is 11.8 Å². The van der Waals surface area contributed by atoms with Gasteiger partial charge in [-0.15, -0.1) is 0 Å². The van der Waals surface area contributed by atoms with Crippen molar-refractivity contribution in [1.82, 2.24) is 9.97 Å². The minimum Gasteiger partial charge on any atom is -0.352 e. The topological polar surface area (TPSA) is 67.1 Å². The number of hydrazine groups is 1. The number of nitrogens with one attached hydrogen (secondary N) is 1. The lowest BCUT2D eigenvalue weighted by Gasteiger charge is -2.35. The summed E-state index contributed by atoms with van der Waals surface area (Å²) in [6, 6.07) is 0.512. The van der Waals surface area contributed by atoms with Crippen LogP contribution in [0.1, 0.15) is 12.5 Å². The molecular formula is C10H17N5S. The molecule has 0 radical (unpaired) electrons. The van der Waals surface area contributed by atoms with E-state index >= 15 is 0 Å². The van der Waals surface area contributed by atoms with Gasteiger partial charge in [0.1, 0.15) is 18.0 Å². The Labute approximate surface area is 99.8 Å². The third-order valence-corrected chi connectivity index (χ3v) is 4.02. The summed E-state index contributed by atoms with van der Waals surface area (Å²) in [5.74, 6) is 9.42. The van der Waals surface area contributed by atoms with Crippen molar-refractivity contribution in [1.29, 1.82) is 0 Å². The zero-order chi connectivity index (χ0) is 11.5. The lowest BCUT2D eigenvalue weighted by Crippen LogP contribution is -2.41. The fraction of sp³-hybridized carbons (Fsp3) is 0.600. The number of nitrogen functional groups attached to an aromatic ring is 1. The van der Waals surface area contributed by atoms with Crippen molar-refractivity contribution in [3.05, 3.63) is 11.9 Å². The molecule has 2 heterocycles. The highest BCUT2D eigenvalue weighted by molar-refractivity contribution is 7.99. The van der Waals surface area contributed by atoms with Crippen molar-refractivity contribution < 1.29 is 0 Å². The van der Waals surface area contributed by atoms with E-state index in [1.807, 2.05) is 18.7 Å². The Morgan fingerprint density at radius 2 is 2.38 bits per heavy atom. The summed E-state index contributed by atoms with van der Waals surface area (Å²) < 4.78 is 0. The van der Waals surface area contributed by atoms with Gasteiger partial charge in [-0.05, 0) is 13.8 Å². The van der Waals surface area contributed by atoms with Crippen molar-refractivity contribution in [2.75, 3.05) is 28.4 Å². The van der Waals surface area contributed by atoms with Crippen LogP contribution in [0, 0.1) is 6.92 Å². The molecule has 0 aliphatic carbocycles. The summed E-state index contributed by atoms with van der Waals surface area (Å²) in [5.41, 5.74) is 3.62. The molecule has 0 spiro atoms. The first-order valence-electron chi connectivity index (χ1n) is 5.36. The lowest BCUT2D eigenvalue weighted by molar-refractivity contribution is 0.686. The molecule has 1 aliphatic heterocycles. The summed E-state index contributed by atoms with van der Waals surface area (Å²) in [5, 5.41) is 0. The van der Waals surface area contributed by atoms with Gasteiger partial charge in [0.2, 0.25) is 0 Å². The highest BCUT2D eigenvalue weighted by Gasteiger charge is 2.22. The lowest BCUT2D eigenvalue weighted by atomic mass is 10.2. The van der Waals surface area contributed by atoms with Gasteiger partial charge in [-0.2, -0.15) is 11.8 Å². The van der Waals surface area contributed by atoms with Crippen LogP contribution in [0.3, 0.4) is 0 Å². The van der Waals surface area contributed by atoms with Crippen LogP contribution in [-0.2, 0) is 0 Å². The van der Waals surface area contributed by atoms with Crippen LogP contribution < -0.4 is 16.2 Å². The molecule has 1 saturated heterocycles. The minimum atomic E-state index is 0.512. The normalized spacial score (nSPS) is 20.9. The molecule has 2 rings (SSSR count). The van der Waals surface area contributed by atoms with Crippen LogP contribution in [0.2, 0.25) is 0 Å². The SMILES string of the molecule is Cc1c(NN)ncnc1N1CCSCC1C. The molecule has 16 heavy (non-hydrogen) atoms. The molecule has 0 amide bonds. The van der Waals surface area contributed by atoms with E-state index in [2.05, 4.69) is 27.2 Å². The van der Waals surface area contributed by atoms with E-state index in [0.29, 0.717) is 11.9 Å². The average molecular weight is 239 g/mol. The zero-order valence-corrected chi connectivity index (χ0v) is 10.4. The largest absolute Gasteiger partial charge is 0.352 e. The first-order chi connectivity index (χ1) is 7.74. The van der Waals surface area contributed by atoms with Crippen LogP contribution in [0.5, 0.6) is 0 Å². The standard InChI is InChI=1S/C10H17N5S/c1-7-5-16-4-3-15(7)10-8(2)9(14-11)12-6-13-10/h6-7H,3-5,11H2,1-2H3,(H,12,13,14). The van der Waals surface area contributed by atoms with Crippen LogP contribution in [0.25, 0.3) is 0 Å². The van der Waals surface area contributed by atoms with Crippen molar-refractivity contribution in [2.24, 2.45) is 5.84 Å². The quantitative estimate of drug-likeness (QED) is 0.593. The van der Waals surface area contributed by atoms with E-state index in [0.717, 1.165) is 29.4 Å². The number of aromatic nitrogens is 2. The zero-order valence-electron chi connectivity index (χ0n) is 9.60. The predicted molar refractivity (Wildman–Crippen MR) is 68.7 cm³/mol. The monoisotopic (exact) mass is 239 g/mol. The van der Waals surface area contributed by atoms with E-state index in [1.165, 1.54) is 0 Å². The van der Waals surface area contributed by atoms with Crippen molar-refractivity contribution >= 4 is 23.4 Å². The van der Waals surface area contributed by atoms with Crippen LogP contribution in [-0.4, -0.2) is 34.1 Å². The Bertz CT molecular complexity index is 370. The molecule has 1 atom stereocenters. The van der Waals surface area contributed by atoms with Gasteiger partial charge in [0.15, 0.2) is 0 Å². The van der Waals surface area contributed by atoms with Crippen LogP contribution in [0.15, 0.2) is 6.33 Å². The first-order valence-corrected chi connectivity index (χ1v) is 6.52. The molecule has 5 nitrogen and oxygen atoms in total. The van der Waals surface area contributed by atoms with Gasteiger partial charge in [0.05, 0.1) is 0 Å². The Morgan fingerprint density at radius 1 is 1.56 bits per heavy atom. The minimum absolute atomic E-state index is 0.512. The molecule has 0 aromatic carbocycles. The van der Waals surface area contributed by atoms with Gasteiger partial charge >= 0.3 is 0 Å². The molecular weight excluding hydrogens is 222 g/mol. The van der Waals surface area contributed by atoms with E-state index in [9.17, 15) is 0 Å². The predicted octanol–water partition coefficient (Wildman–Crippen LogP) is 1.01. The molecule has 1 aromatic heterocycles. The second-order valence-corrected chi connectivity index (χ2v) is 5.08. The maximum absolute atomic E-state index is 5.42. The summed E-state index contributed by atoms with van der Waals surface area (Å²) in [4.78, 5) is 10.8. The summed E-state index contributed by atoms with van der Waals surface area (Å²) in [6.07, 6.45) is 1.56. The second kappa shape index (κ2) is 4.88. The Kier molecular flexibility index (Phi) is 3.50. The van der Waals surface area contributed by atoms with E-state index < -0.39 is 0 Å². The maximum atomic E-state index is 5.42. The summed E-state index contributed by atoms with van der Waals surface area (Å²) in [6.45, 7) is 5.26. The number of nitrogens with two attached hydrogens (primary N) is 1. The molecule has 1 unspecified atom stereocenters. The highest BCUT2D eigenvalue weighted by Crippen LogP contribution is 2.27. The third-order valence-electron chi connectivity index (χ3n) is 2.83. The molecule has 0 bridgehead atoms. The van der Waals surface area contributed by atoms with E-state index in [1.54, 1.807) is 6.33 Å². The van der Waals surface area contributed by atoms with Crippen molar-refractivity contribution in [2.45, 2.75) is 19.9 Å². The second-order valence-electron chi connectivity index (χ2n) is 3.93. The fourth-order valence-electron chi connectivity index (χ4n) is 1.92. The maximum Gasteiger partial charge on any atom is 0.148 e. The third kappa shape index (κ3) is 2.08. The number of anilines is 2. The molecule has 3 N–H and O–H groups in total. The summed E-state index contributed by atoms with van der Waals surface area (Å²) in [7, 11) is 0. The summed E-state index contributed by atoms with van der Waals surface area (Å²) >= 11 is 1.99. The Hall–Kier alpha value is -1.01. The van der Waals surface area contributed by atoms with E-state index in [-0.39, 0.29) is 0 Å². The first kappa shape index (κ1) is 11.5. The molecule has 88 valence electrons. The van der Waals surface area contributed by atoms with Crippen molar-refractivity contribution in [3.8, 4) is 0 Å².